The molecule has 0 bridgehead atoms. The highest BCUT2D eigenvalue weighted by atomic mass is 32.1. The topological polar surface area (TPSA) is 96.5 Å². The zero-order valence-corrected chi connectivity index (χ0v) is 16.6. The second-order valence-corrected chi connectivity index (χ2v) is 6.27. The Morgan fingerprint density at radius 2 is 1.54 bits per heavy atom. The number of carbonyl (C=O) groups excluding carboxylic acids is 3. The first-order valence-corrected chi connectivity index (χ1v) is 8.96. The summed E-state index contributed by atoms with van der Waals surface area (Å²) >= 11 is 5.21. The lowest BCUT2D eigenvalue weighted by atomic mass is 10.1. The minimum atomic E-state index is -0.477. The summed E-state index contributed by atoms with van der Waals surface area (Å²) in [5, 5.41) is 8.47. The maximum absolute atomic E-state index is 12.3. The van der Waals surface area contributed by atoms with E-state index in [4.69, 9.17) is 12.2 Å². The van der Waals surface area contributed by atoms with Crippen LogP contribution in [0.25, 0.3) is 0 Å². The van der Waals surface area contributed by atoms with E-state index in [0.29, 0.717) is 28.9 Å². The van der Waals surface area contributed by atoms with E-state index in [1.807, 2.05) is 6.92 Å². The van der Waals surface area contributed by atoms with Crippen LogP contribution in [-0.4, -0.2) is 30.0 Å². The van der Waals surface area contributed by atoms with Gasteiger partial charge in [-0.2, -0.15) is 0 Å². The fourth-order valence-corrected chi connectivity index (χ4v) is 2.55. The van der Waals surface area contributed by atoms with Gasteiger partial charge in [0.2, 0.25) is 5.91 Å². The van der Waals surface area contributed by atoms with Gasteiger partial charge in [-0.05, 0) is 61.1 Å². The lowest BCUT2D eigenvalue weighted by molar-refractivity contribution is -0.115. The van der Waals surface area contributed by atoms with Gasteiger partial charge >= 0.3 is 5.97 Å². The zero-order chi connectivity index (χ0) is 20.7. The molecule has 2 aromatic carbocycles. The van der Waals surface area contributed by atoms with E-state index in [0.717, 1.165) is 5.56 Å². The van der Waals surface area contributed by atoms with Crippen molar-refractivity contribution in [1.29, 1.82) is 0 Å². The zero-order valence-electron chi connectivity index (χ0n) is 15.8. The van der Waals surface area contributed by atoms with Crippen molar-refractivity contribution < 1.29 is 19.1 Å². The van der Waals surface area contributed by atoms with Gasteiger partial charge in [0.05, 0.1) is 12.7 Å². The molecule has 0 saturated heterocycles. The Morgan fingerprint density at radius 3 is 2.11 bits per heavy atom. The Morgan fingerprint density at radius 1 is 0.964 bits per heavy atom. The summed E-state index contributed by atoms with van der Waals surface area (Å²) in [7, 11) is 1.29. The van der Waals surface area contributed by atoms with Crippen LogP contribution in [0.3, 0.4) is 0 Å². The quantitative estimate of drug-likeness (QED) is 0.528. The van der Waals surface area contributed by atoms with Crippen molar-refractivity contribution in [2.75, 3.05) is 17.7 Å². The van der Waals surface area contributed by atoms with E-state index < -0.39 is 11.9 Å². The van der Waals surface area contributed by atoms with E-state index in [-0.39, 0.29) is 11.0 Å². The molecule has 2 rings (SSSR count). The van der Waals surface area contributed by atoms with Crippen molar-refractivity contribution in [1.82, 2.24) is 5.32 Å². The van der Waals surface area contributed by atoms with Crippen molar-refractivity contribution in [3.05, 3.63) is 59.2 Å². The third-order valence-electron chi connectivity index (χ3n) is 3.97. The Hall–Kier alpha value is -3.26. The minimum Gasteiger partial charge on any atom is -0.465 e. The second kappa shape index (κ2) is 9.61. The van der Waals surface area contributed by atoms with E-state index >= 15 is 0 Å². The molecule has 7 nitrogen and oxygen atoms in total. The summed E-state index contributed by atoms with van der Waals surface area (Å²) in [5.41, 5.74) is 2.83. The number of benzene rings is 2. The molecular formula is C20H21N3O4S. The third kappa shape index (κ3) is 5.37. The molecule has 3 N–H and O–H groups in total. The molecule has 0 aliphatic rings. The molecule has 0 unspecified atom stereocenters. The SMILES string of the molecule is CCC(=O)Nc1cccc(NC(=S)NC(=O)c2ccc(C(=O)OC)cc2)c1C. The van der Waals surface area contributed by atoms with Crippen LogP contribution >= 0.6 is 12.2 Å². The van der Waals surface area contributed by atoms with Crippen LogP contribution in [0, 0.1) is 6.92 Å². The number of amides is 2. The molecule has 2 amide bonds. The van der Waals surface area contributed by atoms with Gasteiger partial charge in [0.15, 0.2) is 5.11 Å². The lowest BCUT2D eigenvalue weighted by Crippen LogP contribution is -2.34. The molecule has 0 heterocycles. The molecule has 28 heavy (non-hydrogen) atoms. The molecule has 0 atom stereocenters. The molecule has 0 fully saturated rings. The van der Waals surface area contributed by atoms with E-state index in [1.54, 1.807) is 25.1 Å². The van der Waals surface area contributed by atoms with Crippen molar-refractivity contribution in [2.45, 2.75) is 20.3 Å². The van der Waals surface area contributed by atoms with Crippen LogP contribution in [0.1, 0.15) is 39.6 Å². The molecule has 0 aliphatic heterocycles. The fourth-order valence-electron chi connectivity index (χ4n) is 2.35. The maximum atomic E-state index is 12.3. The number of nitrogens with one attached hydrogen (secondary N) is 3. The van der Waals surface area contributed by atoms with Gasteiger partial charge in [-0.15, -0.1) is 0 Å². The van der Waals surface area contributed by atoms with Gasteiger partial charge < -0.3 is 15.4 Å². The molecule has 146 valence electrons. The molecule has 0 aromatic heterocycles. The summed E-state index contributed by atoms with van der Waals surface area (Å²) < 4.78 is 4.62. The molecule has 2 aromatic rings. The Bertz CT molecular complexity index is 910. The van der Waals surface area contributed by atoms with Gasteiger partial charge in [0, 0.05) is 23.4 Å². The van der Waals surface area contributed by atoms with Gasteiger partial charge in [0.25, 0.3) is 5.91 Å². The lowest BCUT2D eigenvalue weighted by Gasteiger charge is -2.15. The van der Waals surface area contributed by atoms with Gasteiger partial charge in [0.1, 0.15) is 0 Å². The van der Waals surface area contributed by atoms with Crippen LogP contribution < -0.4 is 16.0 Å². The monoisotopic (exact) mass is 399 g/mol. The smallest absolute Gasteiger partial charge is 0.337 e. The number of rotatable bonds is 5. The number of anilines is 2. The van der Waals surface area contributed by atoms with Crippen LogP contribution in [-0.2, 0) is 9.53 Å². The first-order valence-electron chi connectivity index (χ1n) is 8.55. The van der Waals surface area contributed by atoms with Crippen LogP contribution in [0.4, 0.5) is 11.4 Å². The van der Waals surface area contributed by atoms with Crippen LogP contribution in [0.5, 0.6) is 0 Å². The van der Waals surface area contributed by atoms with Gasteiger partial charge in [-0.1, -0.05) is 13.0 Å². The average molecular weight is 399 g/mol. The number of thiocarbonyl (C=S) groups is 1. The number of hydrogen-bond donors (Lipinski definition) is 3. The molecular weight excluding hydrogens is 378 g/mol. The van der Waals surface area contributed by atoms with E-state index in [9.17, 15) is 14.4 Å². The number of methoxy groups -OCH3 is 1. The Kier molecular flexibility index (Phi) is 7.22. The normalized spacial score (nSPS) is 9.96. The Balaban J connectivity index is 2.04. The minimum absolute atomic E-state index is 0.0912. The second-order valence-electron chi connectivity index (χ2n) is 5.86. The molecule has 8 heteroatoms. The number of hydrogen-bond acceptors (Lipinski definition) is 5. The summed E-state index contributed by atoms with van der Waals surface area (Å²) in [6, 6.07) is 11.4. The molecule has 0 spiro atoms. The standard InChI is InChI=1S/C20H21N3O4S/c1-4-17(24)21-15-6-5-7-16(12(15)2)22-20(28)23-18(25)13-8-10-14(11-9-13)19(26)27-3/h5-11H,4H2,1-3H3,(H,21,24)(H2,22,23,25,28). The predicted molar refractivity (Wildman–Crippen MR) is 112 cm³/mol. The first kappa shape index (κ1) is 21.0. The third-order valence-corrected chi connectivity index (χ3v) is 4.18. The van der Waals surface area contributed by atoms with E-state index in [2.05, 4.69) is 20.7 Å². The van der Waals surface area contributed by atoms with Crippen LogP contribution in [0.15, 0.2) is 42.5 Å². The fraction of sp³-hybridized carbons (Fsp3) is 0.200. The number of carbonyl (C=O) groups is 3. The first-order chi connectivity index (χ1) is 13.3. The largest absolute Gasteiger partial charge is 0.465 e. The number of esters is 1. The molecule has 0 saturated carbocycles. The van der Waals surface area contributed by atoms with Crippen molar-refractivity contribution >= 4 is 46.5 Å². The highest BCUT2D eigenvalue weighted by molar-refractivity contribution is 7.80. The van der Waals surface area contributed by atoms with Crippen molar-refractivity contribution in [3.63, 3.8) is 0 Å². The summed E-state index contributed by atoms with van der Waals surface area (Å²) in [4.78, 5) is 35.4. The Labute approximate surface area is 168 Å². The summed E-state index contributed by atoms with van der Waals surface area (Å²) in [6.07, 6.45) is 0.375. The highest BCUT2D eigenvalue weighted by Gasteiger charge is 2.12. The maximum Gasteiger partial charge on any atom is 0.337 e. The van der Waals surface area contributed by atoms with E-state index in [1.165, 1.54) is 31.4 Å². The summed E-state index contributed by atoms with van der Waals surface area (Å²) in [6.45, 7) is 3.61. The average Bonchev–Trinajstić information content (AvgIpc) is 2.70. The highest BCUT2D eigenvalue weighted by Crippen LogP contribution is 2.23. The van der Waals surface area contributed by atoms with Gasteiger partial charge in [-0.3, -0.25) is 14.9 Å². The summed E-state index contributed by atoms with van der Waals surface area (Å²) in [5.74, 6) is -0.983. The predicted octanol–water partition coefficient (Wildman–Crippen LogP) is 3.26. The molecule has 0 radical (unpaired) electrons. The number of ether oxygens (including phenoxy) is 1. The van der Waals surface area contributed by atoms with Gasteiger partial charge in [-0.25, -0.2) is 4.79 Å². The van der Waals surface area contributed by atoms with Crippen molar-refractivity contribution in [2.24, 2.45) is 0 Å². The van der Waals surface area contributed by atoms with Crippen molar-refractivity contribution in [3.8, 4) is 0 Å². The van der Waals surface area contributed by atoms with Crippen LogP contribution in [0.2, 0.25) is 0 Å². The molecule has 0 aliphatic carbocycles.